The number of hydrogen-bond acceptors (Lipinski definition) is 3. The second-order valence-electron chi connectivity index (χ2n) is 3.57. The van der Waals surface area contributed by atoms with Crippen LogP contribution in [0.5, 0.6) is 0 Å². The molecule has 0 radical (unpaired) electrons. The van der Waals surface area contributed by atoms with Gasteiger partial charge in [-0.25, -0.2) is 9.37 Å². The zero-order valence-corrected chi connectivity index (χ0v) is 9.80. The van der Waals surface area contributed by atoms with Crippen molar-refractivity contribution in [1.29, 1.82) is 0 Å². The van der Waals surface area contributed by atoms with E-state index in [9.17, 15) is 4.39 Å². The third kappa shape index (κ3) is 2.13. The molecule has 1 aromatic heterocycles. The summed E-state index contributed by atoms with van der Waals surface area (Å²) in [5.74, 6) is -0.246. The SMILES string of the molecule is CCC(N)c1nc(-c2ccccc2F)cs1. The standard InChI is InChI=1S/C12H13FN2S/c1-2-10(14)12-15-11(7-16-12)8-5-3-4-6-9(8)13/h3-7,10H,2,14H2,1H3. The van der Waals surface area contributed by atoms with Crippen molar-refractivity contribution in [2.45, 2.75) is 19.4 Å². The van der Waals surface area contributed by atoms with Crippen molar-refractivity contribution in [3.8, 4) is 11.3 Å². The molecule has 0 amide bonds. The summed E-state index contributed by atoms with van der Waals surface area (Å²) in [5.41, 5.74) is 7.08. The van der Waals surface area contributed by atoms with E-state index in [0.29, 0.717) is 11.3 Å². The van der Waals surface area contributed by atoms with Crippen LogP contribution in [0.1, 0.15) is 24.4 Å². The Balaban J connectivity index is 2.35. The second-order valence-corrected chi connectivity index (χ2v) is 4.46. The Bertz CT molecular complexity index is 481. The fourth-order valence-corrected chi connectivity index (χ4v) is 2.33. The zero-order valence-electron chi connectivity index (χ0n) is 8.98. The lowest BCUT2D eigenvalue weighted by atomic mass is 10.1. The summed E-state index contributed by atoms with van der Waals surface area (Å²) in [5, 5.41) is 2.71. The van der Waals surface area contributed by atoms with E-state index in [2.05, 4.69) is 4.98 Å². The first-order valence-corrected chi connectivity index (χ1v) is 6.06. The van der Waals surface area contributed by atoms with Crippen molar-refractivity contribution >= 4 is 11.3 Å². The predicted octanol–water partition coefficient (Wildman–Crippen LogP) is 3.36. The first kappa shape index (κ1) is 11.2. The van der Waals surface area contributed by atoms with Gasteiger partial charge in [0.25, 0.3) is 0 Å². The molecule has 2 aromatic rings. The molecular weight excluding hydrogens is 223 g/mol. The lowest BCUT2D eigenvalue weighted by Gasteiger charge is -2.02. The second kappa shape index (κ2) is 4.72. The van der Waals surface area contributed by atoms with Crippen molar-refractivity contribution in [2.75, 3.05) is 0 Å². The minimum absolute atomic E-state index is 0.0504. The predicted molar refractivity (Wildman–Crippen MR) is 64.7 cm³/mol. The molecule has 0 aliphatic heterocycles. The van der Waals surface area contributed by atoms with Gasteiger partial charge in [0, 0.05) is 10.9 Å². The van der Waals surface area contributed by atoms with Gasteiger partial charge in [-0.2, -0.15) is 0 Å². The van der Waals surface area contributed by atoms with Crippen molar-refractivity contribution in [3.05, 3.63) is 40.5 Å². The molecule has 0 saturated carbocycles. The molecule has 0 spiro atoms. The number of halogens is 1. The number of benzene rings is 1. The molecule has 1 heterocycles. The van der Waals surface area contributed by atoms with E-state index >= 15 is 0 Å². The van der Waals surface area contributed by atoms with E-state index in [1.54, 1.807) is 18.2 Å². The number of nitrogens with two attached hydrogens (primary N) is 1. The maximum atomic E-state index is 13.5. The topological polar surface area (TPSA) is 38.9 Å². The molecule has 0 aliphatic rings. The summed E-state index contributed by atoms with van der Waals surface area (Å²) in [6.07, 6.45) is 0.838. The minimum Gasteiger partial charge on any atom is -0.322 e. The van der Waals surface area contributed by atoms with E-state index < -0.39 is 0 Å². The van der Waals surface area contributed by atoms with Crippen LogP contribution in [0.25, 0.3) is 11.3 Å². The average Bonchev–Trinajstić information content (AvgIpc) is 2.78. The summed E-state index contributed by atoms with van der Waals surface area (Å²) in [6, 6.07) is 6.59. The third-order valence-electron chi connectivity index (χ3n) is 2.43. The van der Waals surface area contributed by atoms with E-state index in [-0.39, 0.29) is 11.9 Å². The van der Waals surface area contributed by atoms with Crippen molar-refractivity contribution in [2.24, 2.45) is 5.73 Å². The van der Waals surface area contributed by atoms with Crippen LogP contribution in [0.3, 0.4) is 0 Å². The number of hydrogen-bond donors (Lipinski definition) is 1. The van der Waals surface area contributed by atoms with Crippen LogP contribution >= 0.6 is 11.3 Å². The lowest BCUT2D eigenvalue weighted by molar-refractivity contribution is 0.630. The highest BCUT2D eigenvalue weighted by atomic mass is 32.1. The smallest absolute Gasteiger partial charge is 0.132 e. The Morgan fingerprint density at radius 3 is 2.88 bits per heavy atom. The van der Waals surface area contributed by atoms with Gasteiger partial charge >= 0.3 is 0 Å². The molecule has 0 aliphatic carbocycles. The van der Waals surface area contributed by atoms with Gasteiger partial charge in [-0.1, -0.05) is 19.1 Å². The van der Waals surface area contributed by atoms with E-state index in [4.69, 9.17) is 5.73 Å². The van der Waals surface area contributed by atoms with Crippen LogP contribution in [0.2, 0.25) is 0 Å². The lowest BCUT2D eigenvalue weighted by Crippen LogP contribution is -2.07. The molecular formula is C12H13FN2S. The Morgan fingerprint density at radius 2 is 2.19 bits per heavy atom. The van der Waals surface area contributed by atoms with E-state index in [1.165, 1.54) is 17.4 Å². The first-order chi connectivity index (χ1) is 7.72. The molecule has 16 heavy (non-hydrogen) atoms. The molecule has 2 N–H and O–H groups in total. The van der Waals surface area contributed by atoms with E-state index in [1.807, 2.05) is 12.3 Å². The highest BCUT2D eigenvalue weighted by Crippen LogP contribution is 2.27. The Hall–Kier alpha value is -1.26. The molecule has 84 valence electrons. The van der Waals surface area contributed by atoms with Crippen molar-refractivity contribution in [3.63, 3.8) is 0 Å². The highest BCUT2D eigenvalue weighted by molar-refractivity contribution is 7.10. The molecule has 2 nitrogen and oxygen atoms in total. The Kier molecular flexibility index (Phi) is 3.31. The third-order valence-corrected chi connectivity index (χ3v) is 3.41. The van der Waals surface area contributed by atoms with Gasteiger partial charge in [0.05, 0.1) is 11.7 Å². The Labute approximate surface area is 97.9 Å². The van der Waals surface area contributed by atoms with Crippen LogP contribution in [-0.2, 0) is 0 Å². The zero-order chi connectivity index (χ0) is 11.5. The van der Waals surface area contributed by atoms with Crippen LogP contribution < -0.4 is 5.73 Å². The summed E-state index contributed by atoms with van der Waals surface area (Å²) >= 11 is 1.48. The molecule has 1 atom stereocenters. The van der Waals surface area contributed by atoms with Crippen LogP contribution in [0, 0.1) is 5.82 Å². The molecule has 1 aromatic carbocycles. The normalized spacial score (nSPS) is 12.7. The fraction of sp³-hybridized carbons (Fsp3) is 0.250. The minimum atomic E-state index is -0.246. The van der Waals surface area contributed by atoms with E-state index in [0.717, 1.165) is 11.4 Å². The molecule has 2 rings (SSSR count). The maximum absolute atomic E-state index is 13.5. The molecule has 0 saturated heterocycles. The summed E-state index contributed by atoms with van der Waals surface area (Å²) in [7, 11) is 0. The highest BCUT2D eigenvalue weighted by Gasteiger charge is 2.12. The van der Waals surface area contributed by atoms with Gasteiger partial charge in [0.15, 0.2) is 0 Å². The van der Waals surface area contributed by atoms with Gasteiger partial charge in [-0.15, -0.1) is 11.3 Å². The average molecular weight is 236 g/mol. The summed E-state index contributed by atoms with van der Waals surface area (Å²) < 4.78 is 13.5. The Morgan fingerprint density at radius 1 is 1.44 bits per heavy atom. The largest absolute Gasteiger partial charge is 0.322 e. The van der Waals surface area contributed by atoms with Gasteiger partial charge < -0.3 is 5.73 Å². The quantitative estimate of drug-likeness (QED) is 0.887. The van der Waals surface area contributed by atoms with Gasteiger partial charge in [0.2, 0.25) is 0 Å². The maximum Gasteiger partial charge on any atom is 0.132 e. The molecule has 0 bridgehead atoms. The molecule has 0 fully saturated rings. The van der Waals surface area contributed by atoms with Gasteiger partial charge in [-0.3, -0.25) is 0 Å². The number of nitrogens with zero attached hydrogens (tertiary/aromatic N) is 1. The van der Waals surface area contributed by atoms with Crippen LogP contribution in [-0.4, -0.2) is 4.98 Å². The number of thiazole rings is 1. The van der Waals surface area contributed by atoms with Gasteiger partial charge in [0.1, 0.15) is 10.8 Å². The van der Waals surface area contributed by atoms with Crippen LogP contribution in [0.15, 0.2) is 29.6 Å². The van der Waals surface area contributed by atoms with Crippen LogP contribution in [0.4, 0.5) is 4.39 Å². The van der Waals surface area contributed by atoms with Crippen molar-refractivity contribution < 1.29 is 4.39 Å². The van der Waals surface area contributed by atoms with Crippen molar-refractivity contribution in [1.82, 2.24) is 4.98 Å². The monoisotopic (exact) mass is 236 g/mol. The first-order valence-electron chi connectivity index (χ1n) is 5.18. The molecule has 4 heteroatoms. The van der Waals surface area contributed by atoms with Gasteiger partial charge in [-0.05, 0) is 18.6 Å². The number of rotatable bonds is 3. The number of aromatic nitrogens is 1. The fourth-order valence-electron chi connectivity index (χ4n) is 1.43. The molecule has 1 unspecified atom stereocenters. The summed E-state index contributed by atoms with van der Waals surface area (Å²) in [6.45, 7) is 2.01. The summed E-state index contributed by atoms with van der Waals surface area (Å²) in [4.78, 5) is 4.37.